The van der Waals surface area contributed by atoms with Gasteiger partial charge in [-0.1, -0.05) is 11.6 Å². The summed E-state index contributed by atoms with van der Waals surface area (Å²) >= 11 is 7.65. The van der Waals surface area contributed by atoms with E-state index in [0.717, 1.165) is 37.8 Å². The third-order valence-electron chi connectivity index (χ3n) is 3.88. The van der Waals surface area contributed by atoms with E-state index < -0.39 is 0 Å². The molecular weight excluding hydrogens is 280 g/mol. The fourth-order valence-electron chi connectivity index (χ4n) is 2.69. The molecule has 106 valence electrons. The van der Waals surface area contributed by atoms with Crippen molar-refractivity contribution in [3.63, 3.8) is 0 Å². The van der Waals surface area contributed by atoms with Gasteiger partial charge < -0.3 is 10.6 Å². The number of amides is 1. The Bertz CT molecular complexity index is 452. The molecule has 1 fully saturated rings. The van der Waals surface area contributed by atoms with Gasteiger partial charge in [-0.05, 0) is 50.5 Å². The predicted octanol–water partition coefficient (Wildman–Crippen LogP) is 3.44. The largest absolute Gasteiger partial charge is 0.335 e. The van der Waals surface area contributed by atoms with Crippen LogP contribution in [0.2, 0.25) is 5.02 Å². The lowest BCUT2D eigenvalue weighted by molar-refractivity contribution is 0.0646. The first-order valence-corrected chi connectivity index (χ1v) is 8.10. The van der Waals surface area contributed by atoms with Crippen LogP contribution in [0.15, 0.2) is 5.38 Å². The lowest BCUT2D eigenvalue weighted by atomic mass is 9.90. The van der Waals surface area contributed by atoms with E-state index in [1.165, 1.54) is 11.3 Å². The summed E-state index contributed by atoms with van der Waals surface area (Å²) in [5.41, 5.74) is 6.91. The molecule has 0 aromatic carbocycles. The molecule has 0 saturated heterocycles. The van der Waals surface area contributed by atoms with Crippen molar-refractivity contribution in [2.75, 3.05) is 6.54 Å². The van der Waals surface area contributed by atoms with E-state index in [-0.39, 0.29) is 5.91 Å². The third kappa shape index (κ3) is 3.12. The van der Waals surface area contributed by atoms with Crippen molar-refractivity contribution in [1.82, 2.24) is 4.90 Å². The van der Waals surface area contributed by atoms with E-state index in [4.69, 9.17) is 17.3 Å². The van der Waals surface area contributed by atoms with Gasteiger partial charge in [0, 0.05) is 18.6 Å². The predicted molar refractivity (Wildman–Crippen MR) is 81.0 cm³/mol. The second-order valence-electron chi connectivity index (χ2n) is 5.22. The van der Waals surface area contributed by atoms with Crippen LogP contribution in [0.4, 0.5) is 0 Å². The number of aryl methyl sites for hydroxylation is 1. The first-order chi connectivity index (χ1) is 9.04. The first kappa shape index (κ1) is 14.8. The van der Waals surface area contributed by atoms with Gasteiger partial charge in [-0.2, -0.15) is 0 Å². The Labute approximate surface area is 123 Å². The molecular formula is C14H21ClN2OS. The van der Waals surface area contributed by atoms with Crippen LogP contribution in [-0.2, 0) is 0 Å². The second-order valence-corrected chi connectivity index (χ2v) is 6.48. The molecule has 0 aliphatic heterocycles. The van der Waals surface area contributed by atoms with E-state index in [2.05, 4.69) is 0 Å². The molecule has 1 aliphatic rings. The zero-order valence-electron chi connectivity index (χ0n) is 11.5. The van der Waals surface area contributed by atoms with Gasteiger partial charge in [-0.3, -0.25) is 4.79 Å². The van der Waals surface area contributed by atoms with Crippen LogP contribution in [0.5, 0.6) is 0 Å². The summed E-state index contributed by atoms with van der Waals surface area (Å²) in [4.78, 5) is 15.2. The Balaban J connectivity index is 2.13. The topological polar surface area (TPSA) is 46.3 Å². The van der Waals surface area contributed by atoms with Crippen LogP contribution in [0.3, 0.4) is 0 Å². The molecule has 1 aliphatic carbocycles. The third-order valence-corrected chi connectivity index (χ3v) is 5.56. The van der Waals surface area contributed by atoms with Crippen molar-refractivity contribution in [3.8, 4) is 0 Å². The molecule has 0 unspecified atom stereocenters. The van der Waals surface area contributed by atoms with Gasteiger partial charge in [0.2, 0.25) is 0 Å². The van der Waals surface area contributed by atoms with Gasteiger partial charge in [0.15, 0.2) is 0 Å². The number of nitrogens with two attached hydrogens (primary N) is 1. The van der Waals surface area contributed by atoms with Gasteiger partial charge >= 0.3 is 0 Å². The minimum absolute atomic E-state index is 0.0751. The number of hydrogen-bond acceptors (Lipinski definition) is 3. The first-order valence-electron chi connectivity index (χ1n) is 6.84. The number of carbonyl (C=O) groups is 1. The average molecular weight is 301 g/mol. The maximum Gasteiger partial charge on any atom is 0.265 e. The van der Waals surface area contributed by atoms with Crippen molar-refractivity contribution in [2.45, 2.75) is 51.6 Å². The Morgan fingerprint density at radius 3 is 2.58 bits per heavy atom. The zero-order valence-corrected chi connectivity index (χ0v) is 13.1. The maximum atomic E-state index is 12.6. The molecule has 0 atom stereocenters. The quantitative estimate of drug-likeness (QED) is 0.929. The number of carbonyl (C=O) groups excluding carboxylic acids is 1. The lowest BCUT2D eigenvalue weighted by Gasteiger charge is -2.35. The van der Waals surface area contributed by atoms with Gasteiger partial charge in [0.25, 0.3) is 5.91 Å². The van der Waals surface area contributed by atoms with Gasteiger partial charge in [-0.15, -0.1) is 11.3 Å². The van der Waals surface area contributed by atoms with Crippen molar-refractivity contribution in [2.24, 2.45) is 5.73 Å². The summed E-state index contributed by atoms with van der Waals surface area (Å²) in [5, 5.41) is 2.56. The molecule has 19 heavy (non-hydrogen) atoms. The second kappa shape index (κ2) is 6.25. The van der Waals surface area contributed by atoms with E-state index >= 15 is 0 Å². The molecule has 2 rings (SSSR count). The molecule has 0 bridgehead atoms. The number of thiophene rings is 1. The molecule has 5 heteroatoms. The van der Waals surface area contributed by atoms with Crippen molar-refractivity contribution in [3.05, 3.63) is 20.8 Å². The number of rotatable bonds is 3. The summed E-state index contributed by atoms with van der Waals surface area (Å²) in [6.45, 7) is 4.69. The zero-order chi connectivity index (χ0) is 14.0. The standard InChI is InChI=1S/C14H21ClN2OS/c1-3-17(11-6-4-10(16)5-7-11)14(18)13-12(15)9(2)8-19-13/h8,10-11H,3-7,16H2,1-2H3. The van der Waals surface area contributed by atoms with E-state index in [1.54, 1.807) is 0 Å². The van der Waals surface area contributed by atoms with Crippen molar-refractivity contribution in [1.29, 1.82) is 0 Å². The number of halogens is 1. The van der Waals surface area contributed by atoms with Gasteiger partial charge in [0.1, 0.15) is 4.88 Å². The van der Waals surface area contributed by atoms with Crippen LogP contribution in [0.1, 0.15) is 47.8 Å². The normalized spacial score (nSPS) is 23.4. The molecule has 1 amide bonds. The molecule has 3 nitrogen and oxygen atoms in total. The fraction of sp³-hybridized carbons (Fsp3) is 0.643. The Kier molecular flexibility index (Phi) is 4.87. The minimum atomic E-state index is 0.0751. The van der Waals surface area contributed by atoms with Crippen LogP contribution in [-0.4, -0.2) is 29.4 Å². The van der Waals surface area contributed by atoms with Gasteiger partial charge in [0.05, 0.1) is 5.02 Å². The van der Waals surface area contributed by atoms with Crippen LogP contribution in [0.25, 0.3) is 0 Å². The Hall–Kier alpha value is -0.580. The molecule has 1 aromatic heterocycles. The summed E-state index contributed by atoms with van der Waals surface area (Å²) in [5.74, 6) is 0.0751. The van der Waals surface area contributed by atoms with Crippen molar-refractivity contribution < 1.29 is 4.79 Å². The molecule has 1 heterocycles. The number of nitrogens with zero attached hydrogens (tertiary/aromatic N) is 1. The van der Waals surface area contributed by atoms with E-state index in [0.29, 0.717) is 22.0 Å². The van der Waals surface area contributed by atoms with Crippen LogP contribution < -0.4 is 5.73 Å². The maximum absolute atomic E-state index is 12.6. The summed E-state index contributed by atoms with van der Waals surface area (Å²) in [6, 6.07) is 0.619. The summed E-state index contributed by atoms with van der Waals surface area (Å²) in [6.07, 6.45) is 4.02. The van der Waals surface area contributed by atoms with E-state index in [1.807, 2.05) is 24.1 Å². The molecule has 0 spiro atoms. The smallest absolute Gasteiger partial charge is 0.265 e. The number of hydrogen-bond donors (Lipinski definition) is 1. The molecule has 1 aromatic rings. The van der Waals surface area contributed by atoms with Crippen LogP contribution in [0, 0.1) is 6.92 Å². The van der Waals surface area contributed by atoms with Crippen molar-refractivity contribution >= 4 is 28.8 Å². The monoisotopic (exact) mass is 300 g/mol. The minimum Gasteiger partial charge on any atom is -0.335 e. The fourth-order valence-corrected chi connectivity index (χ4v) is 3.91. The highest BCUT2D eigenvalue weighted by molar-refractivity contribution is 7.13. The Morgan fingerprint density at radius 1 is 1.47 bits per heavy atom. The van der Waals surface area contributed by atoms with E-state index in [9.17, 15) is 4.79 Å². The highest BCUT2D eigenvalue weighted by atomic mass is 35.5. The molecule has 1 saturated carbocycles. The average Bonchev–Trinajstić information content (AvgIpc) is 2.73. The van der Waals surface area contributed by atoms with Gasteiger partial charge in [-0.25, -0.2) is 0 Å². The summed E-state index contributed by atoms with van der Waals surface area (Å²) < 4.78 is 0. The van der Waals surface area contributed by atoms with Crippen LogP contribution >= 0.6 is 22.9 Å². The Morgan fingerprint density at radius 2 is 2.11 bits per heavy atom. The molecule has 2 N–H and O–H groups in total. The highest BCUT2D eigenvalue weighted by Crippen LogP contribution is 2.30. The molecule has 0 radical (unpaired) electrons. The highest BCUT2D eigenvalue weighted by Gasteiger charge is 2.29. The lowest BCUT2D eigenvalue weighted by Crippen LogP contribution is -2.44. The SMILES string of the molecule is CCN(C(=O)c1scc(C)c1Cl)C1CCC(N)CC1. The summed E-state index contributed by atoms with van der Waals surface area (Å²) in [7, 11) is 0.